The summed E-state index contributed by atoms with van der Waals surface area (Å²) in [5.41, 5.74) is -1.17. The molecule has 2 rings (SSSR count). The maximum atomic E-state index is 13.0. The molecule has 0 aliphatic heterocycles. The smallest absolute Gasteiger partial charge is 0.348 e. The summed E-state index contributed by atoms with van der Waals surface area (Å²) in [7, 11) is 1.68. The number of amides is 2. The highest BCUT2D eigenvalue weighted by Gasteiger charge is 2.34. The Morgan fingerprint density at radius 3 is 2.50 bits per heavy atom. The molecule has 156 valence electrons. The molecule has 1 saturated carbocycles. The average molecular weight is 400 g/mol. The van der Waals surface area contributed by atoms with Gasteiger partial charge < -0.3 is 15.5 Å². The number of anilines is 1. The molecular formula is C20H29F3N3O2+. The van der Waals surface area contributed by atoms with Crippen LogP contribution in [0.5, 0.6) is 0 Å². The number of para-hydroxylation sites is 1. The normalized spacial score (nSPS) is 22.2. The number of carbonyl (C=O) groups excluding carboxylic acids is 2. The minimum Gasteiger partial charge on any atom is -0.348 e. The summed E-state index contributed by atoms with van der Waals surface area (Å²) in [5, 5.41) is 5.38. The van der Waals surface area contributed by atoms with Crippen molar-refractivity contribution in [2.24, 2.45) is 5.92 Å². The summed E-state index contributed by atoms with van der Waals surface area (Å²) in [5.74, 6) is -0.285. The van der Waals surface area contributed by atoms with Gasteiger partial charge in [-0.1, -0.05) is 31.9 Å². The number of alkyl halides is 3. The predicted octanol–water partition coefficient (Wildman–Crippen LogP) is 2.24. The third-order valence-corrected chi connectivity index (χ3v) is 5.52. The van der Waals surface area contributed by atoms with E-state index in [9.17, 15) is 22.8 Å². The van der Waals surface area contributed by atoms with E-state index in [-0.39, 0.29) is 24.2 Å². The van der Waals surface area contributed by atoms with Crippen molar-refractivity contribution >= 4 is 17.5 Å². The van der Waals surface area contributed by atoms with Gasteiger partial charge in [-0.15, -0.1) is 0 Å². The Balaban J connectivity index is 1.92. The summed E-state index contributed by atoms with van der Waals surface area (Å²) in [6.07, 6.45) is -0.246. The van der Waals surface area contributed by atoms with E-state index in [2.05, 4.69) is 17.6 Å². The van der Waals surface area contributed by atoms with Gasteiger partial charge in [0.2, 0.25) is 0 Å². The molecule has 1 fully saturated rings. The fourth-order valence-electron chi connectivity index (χ4n) is 3.50. The van der Waals surface area contributed by atoms with Crippen LogP contribution < -0.4 is 15.5 Å². The molecule has 0 aromatic heterocycles. The molecule has 3 N–H and O–H groups in total. The van der Waals surface area contributed by atoms with Crippen molar-refractivity contribution in [3.63, 3.8) is 0 Å². The lowest BCUT2D eigenvalue weighted by Gasteiger charge is -2.31. The Morgan fingerprint density at radius 2 is 1.86 bits per heavy atom. The Hall–Kier alpha value is -2.09. The van der Waals surface area contributed by atoms with Gasteiger partial charge in [-0.05, 0) is 37.8 Å². The van der Waals surface area contributed by atoms with Crippen molar-refractivity contribution in [2.75, 3.05) is 18.9 Å². The monoisotopic (exact) mass is 400 g/mol. The number of quaternary nitrogens is 1. The van der Waals surface area contributed by atoms with E-state index < -0.39 is 23.7 Å². The summed E-state index contributed by atoms with van der Waals surface area (Å²) < 4.78 is 39.1. The van der Waals surface area contributed by atoms with Crippen LogP contribution in [0, 0.1) is 5.92 Å². The number of hydrogen-bond donors (Lipinski definition) is 3. The quantitative estimate of drug-likeness (QED) is 0.686. The first-order valence-corrected chi connectivity index (χ1v) is 9.68. The van der Waals surface area contributed by atoms with Crippen LogP contribution in [-0.2, 0) is 15.8 Å². The molecular weight excluding hydrogens is 371 g/mol. The molecule has 0 spiro atoms. The van der Waals surface area contributed by atoms with Crippen molar-refractivity contribution in [3.05, 3.63) is 29.8 Å². The number of rotatable bonds is 6. The Kier molecular flexibility index (Phi) is 7.46. The largest absolute Gasteiger partial charge is 0.418 e. The van der Waals surface area contributed by atoms with Crippen molar-refractivity contribution in [3.8, 4) is 0 Å². The van der Waals surface area contributed by atoms with Gasteiger partial charge in [-0.3, -0.25) is 9.59 Å². The summed E-state index contributed by atoms with van der Waals surface area (Å²) in [4.78, 5) is 25.4. The van der Waals surface area contributed by atoms with E-state index in [1.54, 1.807) is 14.0 Å². The second-order valence-electron chi connectivity index (χ2n) is 7.71. The lowest BCUT2D eigenvalue weighted by molar-refractivity contribution is -0.885. The van der Waals surface area contributed by atoms with E-state index in [1.807, 2.05) is 0 Å². The lowest BCUT2D eigenvalue weighted by atomic mass is 9.86. The minimum absolute atomic E-state index is 0.110. The number of nitrogens with one attached hydrogen (secondary N) is 3. The van der Waals surface area contributed by atoms with Gasteiger partial charge in [-0.2, -0.15) is 13.2 Å². The third-order valence-electron chi connectivity index (χ3n) is 5.52. The van der Waals surface area contributed by atoms with Crippen molar-refractivity contribution in [1.29, 1.82) is 0 Å². The Bertz CT molecular complexity index is 694. The molecule has 1 aromatic carbocycles. The van der Waals surface area contributed by atoms with Gasteiger partial charge in [-0.25, -0.2) is 0 Å². The van der Waals surface area contributed by atoms with Gasteiger partial charge in [0.15, 0.2) is 12.6 Å². The zero-order valence-corrected chi connectivity index (χ0v) is 16.5. The maximum Gasteiger partial charge on any atom is 0.418 e. The fraction of sp³-hybridized carbons (Fsp3) is 0.600. The molecule has 8 heteroatoms. The second kappa shape index (κ2) is 9.41. The molecule has 4 atom stereocenters. The molecule has 0 radical (unpaired) electrons. The fourth-order valence-corrected chi connectivity index (χ4v) is 3.50. The van der Waals surface area contributed by atoms with Crippen LogP contribution in [0.4, 0.5) is 18.9 Å². The highest BCUT2D eigenvalue weighted by molar-refractivity contribution is 5.92. The second-order valence-corrected chi connectivity index (χ2v) is 7.71. The topological polar surface area (TPSA) is 62.6 Å². The van der Waals surface area contributed by atoms with Crippen LogP contribution in [0.15, 0.2) is 24.3 Å². The van der Waals surface area contributed by atoms with E-state index in [0.717, 1.165) is 25.3 Å². The predicted molar refractivity (Wildman–Crippen MR) is 101 cm³/mol. The molecule has 0 saturated heterocycles. The number of hydrogen-bond acceptors (Lipinski definition) is 2. The van der Waals surface area contributed by atoms with Gasteiger partial charge in [0.1, 0.15) is 0 Å². The first kappa shape index (κ1) is 22.2. The van der Waals surface area contributed by atoms with E-state index >= 15 is 0 Å². The maximum absolute atomic E-state index is 13.0. The number of likely N-dealkylation sites (N-methyl/N-ethyl adjacent to an activating group) is 1. The molecule has 1 aliphatic rings. The molecule has 1 aliphatic carbocycles. The summed E-state index contributed by atoms with van der Waals surface area (Å²) in [6.45, 7) is 3.73. The molecule has 0 bridgehead atoms. The number of halogens is 3. The van der Waals surface area contributed by atoms with Gasteiger partial charge >= 0.3 is 6.18 Å². The van der Waals surface area contributed by atoms with E-state index in [4.69, 9.17) is 0 Å². The summed E-state index contributed by atoms with van der Waals surface area (Å²) >= 11 is 0. The standard InChI is InChI=1S/C20H28F3N3O2/c1-13-8-4-6-10-16(13)25-19(28)14(2)26(3)12-18(27)24-17-11-7-5-9-15(17)20(21,22)23/h5,7,9,11,13-14,16H,4,6,8,10,12H2,1-3H3,(H,24,27)(H,25,28)/p+1/t13-,14+,16-/m0/s1. The van der Waals surface area contributed by atoms with Crippen molar-refractivity contribution < 1.29 is 27.7 Å². The van der Waals surface area contributed by atoms with Gasteiger partial charge in [0.25, 0.3) is 11.8 Å². The SMILES string of the molecule is C[C@H](C(=O)N[C@H]1CCCC[C@@H]1C)[NH+](C)CC(=O)Nc1ccccc1C(F)(F)F. The number of carbonyl (C=O) groups is 2. The van der Waals surface area contributed by atoms with Gasteiger partial charge in [0.05, 0.1) is 18.3 Å². The highest BCUT2D eigenvalue weighted by atomic mass is 19.4. The average Bonchev–Trinajstić information content (AvgIpc) is 2.62. The third kappa shape index (κ3) is 5.95. The van der Waals surface area contributed by atoms with Crippen molar-refractivity contribution in [1.82, 2.24) is 5.32 Å². The van der Waals surface area contributed by atoms with Gasteiger partial charge in [0, 0.05) is 6.04 Å². The lowest BCUT2D eigenvalue weighted by Crippen LogP contribution is -3.15. The van der Waals surface area contributed by atoms with E-state index in [0.29, 0.717) is 10.8 Å². The molecule has 5 nitrogen and oxygen atoms in total. The Labute approximate surface area is 163 Å². The Morgan fingerprint density at radius 1 is 1.21 bits per heavy atom. The van der Waals surface area contributed by atoms with Crippen LogP contribution in [0.25, 0.3) is 0 Å². The van der Waals surface area contributed by atoms with Crippen LogP contribution in [-0.4, -0.2) is 37.5 Å². The van der Waals surface area contributed by atoms with Crippen LogP contribution >= 0.6 is 0 Å². The molecule has 2 amide bonds. The molecule has 28 heavy (non-hydrogen) atoms. The molecule has 1 aromatic rings. The van der Waals surface area contributed by atoms with Crippen LogP contribution in [0.2, 0.25) is 0 Å². The highest BCUT2D eigenvalue weighted by Crippen LogP contribution is 2.34. The molecule has 0 heterocycles. The summed E-state index contributed by atoms with van der Waals surface area (Å²) in [6, 6.07) is 4.50. The van der Waals surface area contributed by atoms with Crippen LogP contribution in [0.1, 0.15) is 45.1 Å². The zero-order chi connectivity index (χ0) is 20.9. The van der Waals surface area contributed by atoms with Crippen LogP contribution in [0.3, 0.4) is 0 Å². The van der Waals surface area contributed by atoms with E-state index in [1.165, 1.54) is 24.6 Å². The first-order chi connectivity index (χ1) is 13.1. The molecule has 1 unspecified atom stereocenters. The number of benzene rings is 1. The minimum atomic E-state index is -4.55. The zero-order valence-electron chi connectivity index (χ0n) is 16.5. The van der Waals surface area contributed by atoms with Crippen molar-refractivity contribution in [2.45, 2.75) is 57.8 Å². The first-order valence-electron chi connectivity index (χ1n) is 9.68.